The standard InChI is InChI=1S/C13H20N2O2/c1-8(2)10-6-5-7-11(12(10)16-4)13-14-9(3)17-15-13/h5,7-10H,6H2,1-4H3,(H,14,15). The molecule has 4 heteroatoms. The summed E-state index contributed by atoms with van der Waals surface area (Å²) in [4.78, 5) is 5.16. The van der Waals surface area contributed by atoms with Gasteiger partial charge >= 0.3 is 0 Å². The molecule has 0 saturated heterocycles. The molecule has 2 atom stereocenters. The molecular formula is C13H20N2O2. The van der Waals surface area contributed by atoms with Crippen LogP contribution in [0.2, 0.25) is 0 Å². The summed E-state index contributed by atoms with van der Waals surface area (Å²) in [7, 11) is 1.73. The summed E-state index contributed by atoms with van der Waals surface area (Å²) in [6.45, 7) is 6.35. The minimum Gasteiger partial charge on any atom is -0.500 e. The summed E-state index contributed by atoms with van der Waals surface area (Å²) in [5, 5.41) is 7.23. The molecule has 2 unspecified atom stereocenters. The smallest absolute Gasteiger partial charge is 0.196 e. The molecule has 17 heavy (non-hydrogen) atoms. The van der Waals surface area contributed by atoms with Crippen LogP contribution in [-0.2, 0) is 9.57 Å². The van der Waals surface area contributed by atoms with E-state index < -0.39 is 0 Å². The summed E-state index contributed by atoms with van der Waals surface area (Å²) in [5.74, 6) is 2.74. The fourth-order valence-electron chi connectivity index (χ4n) is 2.26. The summed E-state index contributed by atoms with van der Waals surface area (Å²) in [5.41, 5.74) is 1.02. The summed E-state index contributed by atoms with van der Waals surface area (Å²) < 4.78 is 5.58. The lowest BCUT2D eigenvalue weighted by molar-refractivity contribution is 0.0874. The lowest BCUT2D eigenvalue weighted by Crippen LogP contribution is -2.30. The maximum absolute atomic E-state index is 5.58. The Morgan fingerprint density at radius 2 is 2.29 bits per heavy atom. The second kappa shape index (κ2) is 4.82. The predicted molar refractivity (Wildman–Crippen MR) is 67.2 cm³/mol. The quantitative estimate of drug-likeness (QED) is 0.818. The number of nitrogens with zero attached hydrogens (tertiary/aromatic N) is 1. The molecule has 2 rings (SSSR count). The zero-order valence-corrected chi connectivity index (χ0v) is 10.9. The van der Waals surface area contributed by atoms with E-state index in [-0.39, 0.29) is 6.23 Å². The molecule has 4 nitrogen and oxygen atoms in total. The zero-order valence-electron chi connectivity index (χ0n) is 10.9. The normalized spacial score (nSPS) is 27.9. The highest BCUT2D eigenvalue weighted by atomic mass is 16.7. The van der Waals surface area contributed by atoms with Crippen molar-refractivity contribution in [3.63, 3.8) is 0 Å². The number of rotatable bonds is 3. The molecule has 0 radical (unpaired) electrons. The van der Waals surface area contributed by atoms with Crippen LogP contribution in [0.4, 0.5) is 0 Å². The van der Waals surface area contributed by atoms with E-state index in [4.69, 9.17) is 9.57 Å². The van der Waals surface area contributed by atoms with Crippen molar-refractivity contribution in [3.05, 3.63) is 23.5 Å². The van der Waals surface area contributed by atoms with Gasteiger partial charge in [-0.25, -0.2) is 0 Å². The monoisotopic (exact) mass is 236 g/mol. The van der Waals surface area contributed by atoms with E-state index in [0.717, 1.165) is 23.6 Å². The Morgan fingerprint density at radius 1 is 1.53 bits per heavy atom. The first-order chi connectivity index (χ1) is 8.13. The maximum Gasteiger partial charge on any atom is 0.196 e. The number of oxime groups is 1. The van der Waals surface area contributed by atoms with Crippen LogP contribution in [0, 0.1) is 11.8 Å². The first-order valence-electron chi connectivity index (χ1n) is 6.09. The van der Waals surface area contributed by atoms with E-state index in [1.54, 1.807) is 7.11 Å². The van der Waals surface area contributed by atoms with Crippen molar-refractivity contribution in [3.8, 4) is 0 Å². The summed E-state index contributed by atoms with van der Waals surface area (Å²) in [6.07, 6.45) is 5.19. The number of methoxy groups -OCH3 is 1. The Kier molecular flexibility index (Phi) is 3.41. The number of ether oxygens (including phenoxy) is 1. The number of allylic oxidation sites excluding steroid dienone is 2. The zero-order chi connectivity index (χ0) is 12.4. The molecule has 1 heterocycles. The third kappa shape index (κ3) is 2.30. The fraction of sp³-hybridized carbons (Fsp3) is 0.615. The van der Waals surface area contributed by atoms with Gasteiger partial charge in [0.05, 0.1) is 12.7 Å². The number of amidine groups is 1. The van der Waals surface area contributed by atoms with Gasteiger partial charge < -0.3 is 14.9 Å². The highest BCUT2D eigenvalue weighted by molar-refractivity contribution is 6.01. The predicted octanol–water partition coefficient (Wildman–Crippen LogP) is 2.40. The van der Waals surface area contributed by atoms with Gasteiger partial charge in [-0.15, -0.1) is 0 Å². The average molecular weight is 236 g/mol. The topological polar surface area (TPSA) is 42.9 Å². The number of hydrogen-bond donors (Lipinski definition) is 1. The van der Waals surface area contributed by atoms with E-state index in [1.807, 2.05) is 6.92 Å². The molecule has 1 N–H and O–H groups in total. The molecule has 94 valence electrons. The average Bonchev–Trinajstić information content (AvgIpc) is 2.74. The molecule has 1 aliphatic carbocycles. The second-order valence-corrected chi connectivity index (χ2v) is 4.80. The largest absolute Gasteiger partial charge is 0.500 e. The Balaban J connectivity index is 2.31. The van der Waals surface area contributed by atoms with Crippen molar-refractivity contribution in [1.82, 2.24) is 5.32 Å². The minimum atomic E-state index is -0.0663. The maximum atomic E-state index is 5.58. The first-order valence-corrected chi connectivity index (χ1v) is 6.09. The van der Waals surface area contributed by atoms with Crippen molar-refractivity contribution < 1.29 is 9.57 Å². The lowest BCUT2D eigenvalue weighted by Gasteiger charge is -2.26. The van der Waals surface area contributed by atoms with Crippen LogP contribution < -0.4 is 5.32 Å². The highest BCUT2D eigenvalue weighted by Crippen LogP contribution is 2.32. The van der Waals surface area contributed by atoms with Crippen molar-refractivity contribution in [2.45, 2.75) is 33.4 Å². The van der Waals surface area contributed by atoms with Crippen molar-refractivity contribution in [1.29, 1.82) is 0 Å². The molecule has 0 spiro atoms. The lowest BCUT2D eigenvalue weighted by atomic mass is 9.85. The number of nitrogens with one attached hydrogen (secondary N) is 1. The van der Waals surface area contributed by atoms with Crippen LogP contribution in [0.25, 0.3) is 0 Å². The van der Waals surface area contributed by atoms with Gasteiger partial charge in [0.15, 0.2) is 12.1 Å². The SMILES string of the molecule is COC1=C(C2=NOC(C)N2)C=CCC1C(C)C. The van der Waals surface area contributed by atoms with Gasteiger partial charge in [0.1, 0.15) is 5.76 Å². The molecule has 0 aromatic rings. The fourth-order valence-corrected chi connectivity index (χ4v) is 2.26. The van der Waals surface area contributed by atoms with Crippen molar-refractivity contribution >= 4 is 5.84 Å². The Hall–Kier alpha value is -1.45. The van der Waals surface area contributed by atoms with Crippen LogP contribution >= 0.6 is 0 Å². The highest BCUT2D eigenvalue weighted by Gasteiger charge is 2.28. The van der Waals surface area contributed by atoms with Gasteiger partial charge in [-0.05, 0) is 19.3 Å². The van der Waals surface area contributed by atoms with Gasteiger partial charge in [-0.3, -0.25) is 0 Å². The van der Waals surface area contributed by atoms with E-state index in [1.165, 1.54) is 0 Å². The van der Waals surface area contributed by atoms with E-state index in [2.05, 4.69) is 36.5 Å². The molecule has 0 aromatic heterocycles. The van der Waals surface area contributed by atoms with Crippen LogP contribution in [-0.4, -0.2) is 19.2 Å². The summed E-state index contributed by atoms with van der Waals surface area (Å²) in [6, 6.07) is 0. The second-order valence-electron chi connectivity index (χ2n) is 4.80. The molecular weight excluding hydrogens is 216 g/mol. The third-order valence-electron chi connectivity index (χ3n) is 3.20. The van der Waals surface area contributed by atoms with Gasteiger partial charge in [-0.2, -0.15) is 0 Å². The van der Waals surface area contributed by atoms with Crippen LogP contribution in [0.3, 0.4) is 0 Å². The van der Waals surface area contributed by atoms with Crippen LogP contribution in [0.1, 0.15) is 27.2 Å². The molecule has 0 saturated carbocycles. The van der Waals surface area contributed by atoms with Gasteiger partial charge in [0.25, 0.3) is 0 Å². The van der Waals surface area contributed by atoms with Crippen molar-refractivity contribution in [2.24, 2.45) is 17.0 Å². The van der Waals surface area contributed by atoms with Gasteiger partial charge in [0, 0.05) is 5.92 Å². The molecule has 2 aliphatic rings. The van der Waals surface area contributed by atoms with Crippen LogP contribution in [0.15, 0.2) is 28.6 Å². The Morgan fingerprint density at radius 3 is 2.82 bits per heavy atom. The third-order valence-corrected chi connectivity index (χ3v) is 3.20. The Labute approximate surface area is 102 Å². The van der Waals surface area contributed by atoms with Crippen molar-refractivity contribution in [2.75, 3.05) is 7.11 Å². The Bertz CT molecular complexity index is 383. The van der Waals surface area contributed by atoms with Gasteiger partial charge in [-0.1, -0.05) is 31.2 Å². The molecule has 0 aromatic carbocycles. The minimum absolute atomic E-state index is 0.0663. The molecule has 0 amide bonds. The molecule has 1 aliphatic heterocycles. The van der Waals surface area contributed by atoms with Gasteiger partial charge in [0.2, 0.25) is 0 Å². The molecule has 0 fully saturated rings. The van der Waals surface area contributed by atoms with E-state index >= 15 is 0 Å². The van der Waals surface area contributed by atoms with E-state index in [0.29, 0.717) is 11.8 Å². The van der Waals surface area contributed by atoms with E-state index in [9.17, 15) is 0 Å². The van der Waals surface area contributed by atoms with Crippen LogP contribution in [0.5, 0.6) is 0 Å². The molecule has 0 bridgehead atoms. The summed E-state index contributed by atoms with van der Waals surface area (Å²) >= 11 is 0. The number of hydrogen-bond acceptors (Lipinski definition) is 4. The first kappa shape index (κ1) is 12.0.